The summed E-state index contributed by atoms with van der Waals surface area (Å²) in [7, 11) is 0. The van der Waals surface area contributed by atoms with Gasteiger partial charge in [-0.25, -0.2) is 4.98 Å². The van der Waals surface area contributed by atoms with Gasteiger partial charge in [0.05, 0.1) is 0 Å². The van der Waals surface area contributed by atoms with Crippen LogP contribution in [0.2, 0.25) is 0 Å². The second-order valence-electron chi connectivity index (χ2n) is 3.27. The summed E-state index contributed by atoms with van der Waals surface area (Å²) in [4.78, 5) is 27.2. The van der Waals surface area contributed by atoms with Crippen molar-refractivity contribution >= 4 is 27.7 Å². The Kier molecular flexibility index (Phi) is 5.09. The molecule has 0 saturated carbocycles. The van der Waals surface area contributed by atoms with Gasteiger partial charge in [-0.05, 0) is 26.0 Å². The van der Waals surface area contributed by atoms with Crippen LogP contribution >= 0.6 is 15.9 Å². The molecule has 17 heavy (non-hydrogen) atoms. The van der Waals surface area contributed by atoms with Gasteiger partial charge in [0.2, 0.25) is 0 Å². The SMILES string of the molecule is CCNC(=O)c1cc(Br)cc(C(=O)NCC)n1. The van der Waals surface area contributed by atoms with Gasteiger partial charge in [-0.15, -0.1) is 0 Å². The summed E-state index contributed by atoms with van der Waals surface area (Å²) < 4.78 is 0.648. The summed E-state index contributed by atoms with van der Waals surface area (Å²) >= 11 is 3.25. The van der Waals surface area contributed by atoms with Crippen molar-refractivity contribution in [3.63, 3.8) is 0 Å². The first-order valence-electron chi connectivity index (χ1n) is 5.32. The van der Waals surface area contributed by atoms with Crippen LogP contribution < -0.4 is 10.6 Å². The molecular formula is C11H14BrN3O2. The lowest BCUT2D eigenvalue weighted by atomic mass is 10.2. The van der Waals surface area contributed by atoms with Gasteiger partial charge in [0, 0.05) is 17.6 Å². The Morgan fingerprint density at radius 1 is 1.12 bits per heavy atom. The van der Waals surface area contributed by atoms with E-state index in [2.05, 4.69) is 31.5 Å². The van der Waals surface area contributed by atoms with Crippen molar-refractivity contribution in [2.24, 2.45) is 0 Å². The topological polar surface area (TPSA) is 71.1 Å². The van der Waals surface area contributed by atoms with Gasteiger partial charge in [-0.3, -0.25) is 9.59 Å². The van der Waals surface area contributed by atoms with Crippen molar-refractivity contribution in [3.05, 3.63) is 28.0 Å². The minimum Gasteiger partial charge on any atom is -0.351 e. The largest absolute Gasteiger partial charge is 0.351 e. The first kappa shape index (κ1) is 13.6. The molecule has 2 amide bonds. The van der Waals surface area contributed by atoms with Gasteiger partial charge in [-0.2, -0.15) is 0 Å². The molecule has 1 aromatic heterocycles. The molecule has 92 valence electrons. The van der Waals surface area contributed by atoms with Crippen LogP contribution in [0.25, 0.3) is 0 Å². The number of hydrogen-bond acceptors (Lipinski definition) is 3. The molecule has 0 saturated heterocycles. The quantitative estimate of drug-likeness (QED) is 0.881. The summed E-state index contributed by atoms with van der Waals surface area (Å²) in [5.74, 6) is -0.585. The lowest BCUT2D eigenvalue weighted by molar-refractivity contribution is 0.0946. The summed E-state index contributed by atoms with van der Waals surface area (Å²) in [6.45, 7) is 4.67. The van der Waals surface area contributed by atoms with Crippen LogP contribution in [-0.2, 0) is 0 Å². The molecule has 0 bridgehead atoms. The molecule has 2 N–H and O–H groups in total. The zero-order valence-corrected chi connectivity index (χ0v) is 11.3. The second-order valence-corrected chi connectivity index (χ2v) is 4.19. The van der Waals surface area contributed by atoms with Crippen LogP contribution in [0.4, 0.5) is 0 Å². The van der Waals surface area contributed by atoms with Crippen molar-refractivity contribution in [2.75, 3.05) is 13.1 Å². The van der Waals surface area contributed by atoms with Crippen LogP contribution in [0.3, 0.4) is 0 Å². The Morgan fingerprint density at radius 3 is 1.88 bits per heavy atom. The van der Waals surface area contributed by atoms with Crippen LogP contribution in [0.15, 0.2) is 16.6 Å². The first-order chi connectivity index (χ1) is 8.08. The molecule has 0 aromatic carbocycles. The molecule has 0 atom stereocenters. The summed E-state index contributed by atoms with van der Waals surface area (Å²) in [5.41, 5.74) is 0.449. The molecule has 0 aliphatic heterocycles. The monoisotopic (exact) mass is 299 g/mol. The minimum absolute atomic E-state index is 0.225. The highest BCUT2D eigenvalue weighted by molar-refractivity contribution is 9.10. The molecule has 0 aliphatic carbocycles. The van der Waals surface area contributed by atoms with Crippen molar-refractivity contribution in [1.29, 1.82) is 0 Å². The molecular weight excluding hydrogens is 286 g/mol. The average Bonchev–Trinajstić information content (AvgIpc) is 2.29. The van der Waals surface area contributed by atoms with Crippen molar-refractivity contribution < 1.29 is 9.59 Å². The number of carbonyl (C=O) groups is 2. The first-order valence-corrected chi connectivity index (χ1v) is 6.11. The van der Waals surface area contributed by atoms with E-state index in [0.29, 0.717) is 17.6 Å². The predicted octanol–water partition coefficient (Wildman–Crippen LogP) is 1.34. The normalized spacial score (nSPS) is 9.82. The fraction of sp³-hybridized carbons (Fsp3) is 0.364. The Balaban J connectivity index is 3.01. The third kappa shape index (κ3) is 3.81. The van der Waals surface area contributed by atoms with Crippen molar-refractivity contribution in [3.8, 4) is 0 Å². The van der Waals surface area contributed by atoms with Gasteiger partial charge < -0.3 is 10.6 Å². The number of nitrogens with one attached hydrogen (secondary N) is 2. The van der Waals surface area contributed by atoms with E-state index >= 15 is 0 Å². The molecule has 1 aromatic rings. The minimum atomic E-state index is -0.292. The van der Waals surface area contributed by atoms with E-state index in [1.807, 2.05) is 13.8 Å². The molecule has 1 rings (SSSR count). The summed E-state index contributed by atoms with van der Waals surface area (Å²) in [6.07, 6.45) is 0. The van der Waals surface area contributed by atoms with Crippen molar-refractivity contribution in [2.45, 2.75) is 13.8 Å². The van der Waals surface area contributed by atoms with E-state index in [0.717, 1.165) is 0 Å². The molecule has 0 radical (unpaired) electrons. The highest BCUT2D eigenvalue weighted by Gasteiger charge is 2.13. The summed E-state index contributed by atoms with van der Waals surface area (Å²) in [5, 5.41) is 5.27. The zero-order valence-electron chi connectivity index (χ0n) is 9.71. The number of rotatable bonds is 4. The maximum absolute atomic E-state index is 11.6. The number of pyridine rings is 1. The van der Waals surface area contributed by atoms with Gasteiger partial charge in [-0.1, -0.05) is 15.9 Å². The van der Waals surface area contributed by atoms with Crippen LogP contribution in [0.1, 0.15) is 34.8 Å². The third-order valence-corrected chi connectivity index (χ3v) is 2.39. The smallest absolute Gasteiger partial charge is 0.269 e. The predicted molar refractivity (Wildman–Crippen MR) is 68.0 cm³/mol. The van der Waals surface area contributed by atoms with E-state index in [4.69, 9.17) is 0 Å². The fourth-order valence-electron chi connectivity index (χ4n) is 1.23. The van der Waals surface area contributed by atoms with E-state index in [-0.39, 0.29) is 23.2 Å². The number of halogens is 1. The van der Waals surface area contributed by atoms with E-state index in [9.17, 15) is 9.59 Å². The molecule has 5 nitrogen and oxygen atoms in total. The molecule has 1 heterocycles. The number of hydrogen-bond donors (Lipinski definition) is 2. The molecule has 0 unspecified atom stereocenters. The zero-order chi connectivity index (χ0) is 12.8. The maximum atomic E-state index is 11.6. The number of carbonyl (C=O) groups excluding carboxylic acids is 2. The number of aromatic nitrogens is 1. The van der Waals surface area contributed by atoms with Gasteiger partial charge in [0.25, 0.3) is 11.8 Å². The van der Waals surface area contributed by atoms with Crippen molar-refractivity contribution in [1.82, 2.24) is 15.6 Å². The highest BCUT2D eigenvalue weighted by Crippen LogP contribution is 2.13. The van der Waals surface area contributed by atoms with Crippen LogP contribution in [0, 0.1) is 0 Å². The third-order valence-electron chi connectivity index (χ3n) is 1.93. The van der Waals surface area contributed by atoms with E-state index in [1.54, 1.807) is 12.1 Å². The van der Waals surface area contributed by atoms with Gasteiger partial charge >= 0.3 is 0 Å². The molecule has 6 heteroatoms. The Hall–Kier alpha value is -1.43. The highest BCUT2D eigenvalue weighted by atomic mass is 79.9. The number of nitrogens with zero attached hydrogens (tertiary/aromatic N) is 1. The average molecular weight is 300 g/mol. The van der Waals surface area contributed by atoms with Crippen LogP contribution in [0.5, 0.6) is 0 Å². The molecule has 0 spiro atoms. The second kappa shape index (κ2) is 6.34. The fourth-order valence-corrected chi connectivity index (χ4v) is 1.67. The van der Waals surface area contributed by atoms with E-state index < -0.39 is 0 Å². The Bertz CT molecular complexity index is 398. The molecule has 0 aliphatic rings. The van der Waals surface area contributed by atoms with Crippen LogP contribution in [-0.4, -0.2) is 29.9 Å². The summed E-state index contributed by atoms with van der Waals surface area (Å²) in [6, 6.07) is 3.15. The standard InChI is InChI=1S/C11H14BrN3O2/c1-3-13-10(16)8-5-7(12)6-9(15-8)11(17)14-4-2/h5-6H,3-4H2,1-2H3,(H,13,16)(H,14,17). The Labute approximate surface area is 108 Å². The lowest BCUT2D eigenvalue weighted by Crippen LogP contribution is -2.27. The Morgan fingerprint density at radius 2 is 1.53 bits per heavy atom. The van der Waals surface area contributed by atoms with Gasteiger partial charge in [0.15, 0.2) is 0 Å². The lowest BCUT2D eigenvalue weighted by Gasteiger charge is -2.06. The number of amides is 2. The maximum Gasteiger partial charge on any atom is 0.269 e. The van der Waals surface area contributed by atoms with Gasteiger partial charge in [0.1, 0.15) is 11.4 Å². The molecule has 0 fully saturated rings. The van der Waals surface area contributed by atoms with E-state index in [1.165, 1.54) is 0 Å².